The lowest BCUT2D eigenvalue weighted by molar-refractivity contribution is 0.833. The number of hydrogen-bond donors (Lipinski definition) is 0. The summed E-state index contributed by atoms with van der Waals surface area (Å²) in [4.78, 5) is 0. The zero-order chi connectivity index (χ0) is 11.8. The quantitative estimate of drug-likeness (QED) is 0.617. The molecule has 0 heteroatoms. The van der Waals surface area contributed by atoms with Gasteiger partial charge in [-0.15, -0.1) is 0 Å². The molecule has 0 atom stereocenters. The first-order valence-corrected chi connectivity index (χ1v) is 6.43. The van der Waals surface area contributed by atoms with Gasteiger partial charge in [-0.05, 0) is 55.4 Å². The summed E-state index contributed by atoms with van der Waals surface area (Å²) in [6.07, 6.45) is 3.70. The lowest BCUT2D eigenvalue weighted by atomic mass is 9.94. The minimum Gasteiger partial charge on any atom is -0.0587 e. The van der Waals surface area contributed by atoms with Crippen LogP contribution in [0, 0.1) is 13.8 Å². The molecule has 0 bridgehead atoms. The molecule has 0 heterocycles. The zero-order valence-electron chi connectivity index (χ0n) is 10.6. The number of benzene rings is 2. The smallest absolute Gasteiger partial charge is 0.0149 e. The van der Waals surface area contributed by atoms with Crippen LogP contribution >= 0.6 is 0 Å². The fourth-order valence-electron chi connectivity index (χ4n) is 2.85. The Morgan fingerprint density at radius 3 is 1.65 bits per heavy atom. The minimum absolute atomic E-state index is 1.21. The zero-order valence-corrected chi connectivity index (χ0v) is 10.6. The van der Waals surface area contributed by atoms with Crippen LogP contribution in [0.5, 0.6) is 0 Å². The van der Waals surface area contributed by atoms with Gasteiger partial charge in [0.25, 0.3) is 0 Å². The van der Waals surface area contributed by atoms with Gasteiger partial charge in [0, 0.05) is 0 Å². The lowest BCUT2D eigenvalue weighted by Gasteiger charge is -2.10. The van der Waals surface area contributed by atoms with E-state index in [2.05, 4.69) is 50.2 Å². The van der Waals surface area contributed by atoms with Crippen LogP contribution in [0.25, 0.3) is 11.1 Å². The lowest BCUT2D eigenvalue weighted by Crippen LogP contribution is -1.89. The van der Waals surface area contributed by atoms with Crippen molar-refractivity contribution >= 4 is 0 Å². The van der Waals surface area contributed by atoms with Crippen molar-refractivity contribution in [2.24, 2.45) is 0 Å². The van der Waals surface area contributed by atoms with Crippen molar-refractivity contribution in [3.05, 3.63) is 58.7 Å². The largest absolute Gasteiger partial charge is 0.0587 e. The van der Waals surface area contributed by atoms with E-state index >= 15 is 0 Å². The summed E-state index contributed by atoms with van der Waals surface area (Å²) in [5.74, 6) is 0. The Balaban J connectivity index is 2.24. The Kier molecular flexibility index (Phi) is 2.51. The van der Waals surface area contributed by atoms with Crippen molar-refractivity contribution in [1.29, 1.82) is 0 Å². The highest BCUT2D eigenvalue weighted by Crippen LogP contribution is 2.33. The van der Waals surface area contributed by atoms with Crippen molar-refractivity contribution in [3.8, 4) is 11.1 Å². The topological polar surface area (TPSA) is 0 Å². The molecule has 0 fully saturated rings. The van der Waals surface area contributed by atoms with Crippen molar-refractivity contribution in [2.45, 2.75) is 33.1 Å². The standard InChI is InChI=1S/C17H18/c1-12-6-8-16-14(10-12)4-3-5-15-11-13(2)7-9-17(15)16/h6-11H,3-5H2,1-2H3. The Bertz CT molecular complexity index is 513. The molecule has 0 nitrogen and oxygen atoms in total. The molecule has 17 heavy (non-hydrogen) atoms. The molecule has 0 saturated heterocycles. The molecular formula is C17H18. The Morgan fingerprint density at radius 1 is 0.706 bits per heavy atom. The first-order valence-electron chi connectivity index (χ1n) is 6.43. The van der Waals surface area contributed by atoms with E-state index in [1.807, 2.05) is 0 Å². The van der Waals surface area contributed by atoms with Gasteiger partial charge in [0.05, 0.1) is 0 Å². The summed E-state index contributed by atoms with van der Waals surface area (Å²) in [6, 6.07) is 13.8. The van der Waals surface area contributed by atoms with Gasteiger partial charge in [0.2, 0.25) is 0 Å². The number of hydrogen-bond acceptors (Lipinski definition) is 0. The molecule has 86 valence electrons. The van der Waals surface area contributed by atoms with Gasteiger partial charge in [-0.1, -0.05) is 47.5 Å². The summed E-state index contributed by atoms with van der Waals surface area (Å²) < 4.78 is 0. The van der Waals surface area contributed by atoms with Crippen molar-refractivity contribution in [2.75, 3.05) is 0 Å². The molecular weight excluding hydrogens is 204 g/mol. The molecule has 0 aliphatic heterocycles. The van der Waals surface area contributed by atoms with Crippen LogP contribution < -0.4 is 0 Å². The normalized spacial score (nSPS) is 13.8. The summed E-state index contributed by atoms with van der Waals surface area (Å²) in [7, 11) is 0. The van der Waals surface area contributed by atoms with E-state index in [4.69, 9.17) is 0 Å². The van der Waals surface area contributed by atoms with Gasteiger partial charge in [0.15, 0.2) is 0 Å². The fourth-order valence-corrected chi connectivity index (χ4v) is 2.85. The third kappa shape index (κ3) is 1.88. The average Bonchev–Trinajstić information content (AvgIpc) is 2.47. The summed E-state index contributed by atoms with van der Waals surface area (Å²) in [5, 5.41) is 0. The van der Waals surface area contributed by atoms with E-state index in [0.717, 1.165) is 0 Å². The molecule has 0 N–H and O–H groups in total. The third-order valence-corrected chi connectivity index (χ3v) is 3.70. The predicted molar refractivity (Wildman–Crippen MR) is 73.4 cm³/mol. The second-order valence-electron chi connectivity index (χ2n) is 5.17. The summed E-state index contributed by atoms with van der Waals surface area (Å²) >= 11 is 0. The Hall–Kier alpha value is -1.56. The van der Waals surface area contributed by atoms with Crippen molar-refractivity contribution in [1.82, 2.24) is 0 Å². The second-order valence-corrected chi connectivity index (χ2v) is 5.17. The van der Waals surface area contributed by atoms with Gasteiger partial charge in [0.1, 0.15) is 0 Å². The molecule has 2 aromatic rings. The second kappa shape index (κ2) is 4.03. The maximum Gasteiger partial charge on any atom is -0.0149 e. The van der Waals surface area contributed by atoms with Gasteiger partial charge in [-0.25, -0.2) is 0 Å². The SMILES string of the molecule is Cc1ccc2c(c1)CCCc1cc(C)ccc1-2. The van der Waals surface area contributed by atoms with E-state index in [1.165, 1.54) is 52.6 Å². The highest BCUT2D eigenvalue weighted by Gasteiger charge is 2.13. The minimum atomic E-state index is 1.21. The molecule has 0 saturated carbocycles. The van der Waals surface area contributed by atoms with Crippen LogP contribution in [-0.4, -0.2) is 0 Å². The Labute approximate surface area is 103 Å². The molecule has 0 spiro atoms. The number of rotatable bonds is 0. The first kappa shape index (κ1) is 10.6. The van der Waals surface area contributed by atoms with E-state index < -0.39 is 0 Å². The van der Waals surface area contributed by atoms with Gasteiger partial charge in [-0.3, -0.25) is 0 Å². The molecule has 1 aliphatic carbocycles. The molecule has 3 rings (SSSR count). The third-order valence-electron chi connectivity index (χ3n) is 3.70. The molecule has 0 radical (unpaired) electrons. The van der Waals surface area contributed by atoms with E-state index in [1.54, 1.807) is 0 Å². The molecule has 0 aromatic heterocycles. The van der Waals surface area contributed by atoms with E-state index in [-0.39, 0.29) is 0 Å². The molecule has 0 amide bonds. The summed E-state index contributed by atoms with van der Waals surface area (Å²) in [6.45, 7) is 4.36. The molecule has 1 aliphatic rings. The Morgan fingerprint density at radius 2 is 1.18 bits per heavy atom. The maximum atomic E-state index is 2.35. The van der Waals surface area contributed by atoms with Crippen LogP contribution in [0.4, 0.5) is 0 Å². The predicted octanol–water partition coefficient (Wildman–Crippen LogP) is 4.46. The van der Waals surface area contributed by atoms with Crippen LogP contribution in [0.1, 0.15) is 28.7 Å². The highest BCUT2D eigenvalue weighted by molar-refractivity contribution is 5.72. The van der Waals surface area contributed by atoms with Gasteiger partial charge >= 0.3 is 0 Å². The number of fused-ring (bicyclic) bond motifs is 3. The van der Waals surface area contributed by atoms with Crippen LogP contribution in [0.15, 0.2) is 36.4 Å². The van der Waals surface area contributed by atoms with Crippen molar-refractivity contribution in [3.63, 3.8) is 0 Å². The maximum absolute atomic E-state index is 2.35. The van der Waals surface area contributed by atoms with Crippen LogP contribution in [-0.2, 0) is 12.8 Å². The molecule has 2 aromatic carbocycles. The average molecular weight is 222 g/mol. The van der Waals surface area contributed by atoms with Crippen molar-refractivity contribution < 1.29 is 0 Å². The van der Waals surface area contributed by atoms with Crippen LogP contribution in [0.2, 0.25) is 0 Å². The van der Waals surface area contributed by atoms with E-state index in [9.17, 15) is 0 Å². The first-order chi connectivity index (χ1) is 8.24. The van der Waals surface area contributed by atoms with E-state index in [0.29, 0.717) is 0 Å². The van der Waals surface area contributed by atoms with Gasteiger partial charge in [-0.2, -0.15) is 0 Å². The molecule has 0 unspecified atom stereocenters. The van der Waals surface area contributed by atoms with Crippen LogP contribution in [0.3, 0.4) is 0 Å². The summed E-state index contributed by atoms with van der Waals surface area (Å²) in [5.41, 5.74) is 8.69. The number of aryl methyl sites for hydroxylation is 4. The fraction of sp³-hybridized carbons (Fsp3) is 0.294. The van der Waals surface area contributed by atoms with Gasteiger partial charge < -0.3 is 0 Å². The monoisotopic (exact) mass is 222 g/mol. The highest BCUT2D eigenvalue weighted by atomic mass is 14.2.